The fourth-order valence-electron chi connectivity index (χ4n) is 4.71. The maximum absolute atomic E-state index is 12.6. The highest BCUT2D eigenvalue weighted by Crippen LogP contribution is 2.29. The minimum absolute atomic E-state index is 0.0946. The van der Waals surface area contributed by atoms with Crippen LogP contribution in [0.4, 0.5) is 0 Å². The number of aliphatic hydroxyl groups excluding tert-OH is 1. The van der Waals surface area contributed by atoms with Crippen LogP contribution in [-0.2, 0) is 30.7 Å². The molecule has 1 aromatic carbocycles. The molecule has 1 unspecified atom stereocenters. The Morgan fingerprint density at radius 2 is 1.97 bits per heavy atom. The summed E-state index contributed by atoms with van der Waals surface area (Å²) in [6, 6.07) is 8.51. The van der Waals surface area contributed by atoms with Crippen molar-refractivity contribution in [1.82, 2.24) is 25.1 Å². The van der Waals surface area contributed by atoms with Gasteiger partial charge in [0.15, 0.2) is 0 Å². The highest BCUT2D eigenvalue weighted by Gasteiger charge is 2.32. The van der Waals surface area contributed by atoms with E-state index in [0.717, 1.165) is 51.0 Å². The SMILES string of the molecule is O=C(NC[C@H](O)CN1CCc2ccccc2C1)c1cn2c(n1)CCC(NC(=O)C1CC1)C2. The predicted octanol–water partition coefficient (Wildman–Crippen LogP) is 0.873. The second-order valence-electron chi connectivity index (χ2n) is 9.33. The Balaban J connectivity index is 1.09. The minimum Gasteiger partial charge on any atom is -0.390 e. The summed E-state index contributed by atoms with van der Waals surface area (Å²) in [4.78, 5) is 31.3. The number of nitrogens with zero attached hydrogens (tertiary/aromatic N) is 3. The Kier molecular flexibility index (Phi) is 5.97. The van der Waals surface area contributed by atoms with Crippen molar-refractivity contribution in [3.05, 3.63) is 53.1 Å². The molecule has 5 rings (SSSR count). The van der Waals surface area contributed by atoms with Crippen molar-refractivity contribution < 1.29 is 14.7 Å². The summed E-state index contributed by atoms with van der Waals surface area (Å²) in [6.07, 6.45) is 5.68. The third kappa shape index (κ3) is 4.86. The molecule has 3 N–H and O–H groups in total. The van der Waals surface area contributed by atoms with E-state index in [4.69, 9.17) is 0 Å². The van der Waals surface area contributed by atoms with E-state index in [9.17, 15) is 14.7 Å². The van der Waals surface area contributed by atoms with Gasteiger partial charge in [-0.05, 0) is 36.8 Å². The number of benzene rings is 1. The van der Waals surface area contributed by atoms with Crippen molar-refractivity contribution in [2.45, 2.75) is 57.3 Å². The molecular formula is C24H31N5O3. The lowest BCUT2D eigenvalue weighted by Gasteiger charge is -2.30. The van der Waals surface area contributed by atoms with Gasteiger partial charge in [-0.25, -0.2) is 4.98 Å². The number of nitrogens with one attached hydrogen (secondary N) is 2. The third-order valence-corrected chi connectivity index (χ3v) is 6.70. The van der Waals surface area contributed by atoms with E-state index in [-0.39, 0.29) is 30.3 Å². The first-order chi connectivity index (χ1) is 15.5. The second kappa shape index (κ2) is 9.03. The highest BCUT2D eigenvalue weighted by atomic mass is 16.3. The van der Waals surface area contributed by atoms with Gasteiger partial charge in [0.05, 0.1) is 6.10 Å². The number of carbonyl (C=O) groups is 2. The molecule has 2 aromatic rings. The molecule has 1 aromatic heterocycles. The van der Waals surface area contributed by atoms with E-state index < -0.39 is 6.10 Å². The molecule has 1 fully saturated rings. The van der Waals surface area contributed by atoms with Crippen molar-refractivity contribution in [3.63, 3.8) is 0 Å². The summed E-state index contributed by atoms with van der Waals surface area (Å²) < 4.78 is 1.97. The molecule has 1 saturated carbocycles. The average Bonchev–Trinajstić information content (AvgIpc) is 3.56. The first-order valence-electron chi connectivity index (χ1n) is 11.7. The summed E-state index contributed by atoms with van der Waals surface area (Å²) in [5, 5.41) is 16.4. The maximum Gasteiger partial charge on any atom is 0.271 e. The van der Waals surface area contributed by atoms with Crippen LogP contribution in [0.2, 0.25) is 0 Å². The summed E-state index contributed by atoms with van der Waals surface area (Å²) in [7, 11) is 0. The van der Waals surface area contributed by atoms with E-state index in [1.54, 1.807) is 6.20 Å². The second-order valence-corrected chi connectivity index (χ2v) is 9.33. The van der Waals surface area contributed by atoms with Crippen LogP contribution in [-0.4, -0.2) is 63.2 Å². The number of aryl methyl sites for hydroxylation is 1. The predicted molar refractivity (Wildman–Crippen MR) is 119 cm³/mol. The van der Waals surface area contributed by atoms with Crippen molar-refractivity contribution in [2.75, 3.05) is 19.6 Å². The number of carbonyl (C=O) groups excluding carboxylic acids is 2. The van der Waals surface area contributed by atoms with Crippen LogP contribution in [0.15, 0.2) is 30.5 Å². The van der Waals surface area contributed by atoms with Crippen molar-refractivity contribution in [1.29, 1.82) is 0 Å². The zero-order valence-corrected chi connectivity index (χ0v) is 18.3. The molecule has 8 nitrogen and oxygen atoms in total. The van der Waals surface area contributed by atoms with Gasteiger partial charge in [-0.2, -0.15) is 0 Å². The number of aliphatic hydroxyl groups is 1. The zero-order chi connectivity index (χ0) is 22.1. The number of hydrogen-bond donors (Lipinski definition) is 3. The van der Waals surface area contributed by atoms with Gasteiger partial charge >= 0.3 is 0 Å². The Morgan fingerprint density at radius 3 is 2.78 bits per heavy atom. The molecular weight excluding hydrogens is 406 g/mol. The van der Waals surface area contributed by atoms with Gasteiger partial charge in [0.25, 0.3) is 5.91 Å². The summed E-state index contributed by atoms with van der Waals surface area (Å²) in [6.45, 7) is 3.10. The standard InChI is InChI=1S/C24H31N5O3/c30-20(14-28-10-9-16-3-1-2-4-18(16)12-28)11-25-24(32)21-15-29-13-19(7-8-22(29)27-21)26-23(31)17-5-6-17/h1-4,15,17,19-20,30H,5-14H2,(H,25,32)(H,26,31)/t19?,20-/m0/s1. The normalized spacial score (nSPS) is 21.3. The molecule has 2 atom stereocenters. The van der Waals surface area contributed by atoms with Gasteiger partial charge in [0, 0.05) is 57.3 Å². The van der Waals surface area contributed by atoms with Crippen LogP contribution in [0.25, 0.3) is 0 Å². The molecule has 0 spiro atoms. The molecule has 2 aliphatic heterocycles. The van der Waals surface area contributed by atoms with Gasteiger partial charge in [-0.1, -0.05) is 24.3 Å². The lowest BCUT2D eigenvalue weighted by Crippen LogP contribution is -2.42. The first-order valence-corrected chi connectivity index (χ1v) is 11.7. The van der Waals surface area contributed by atoms with Crippen molar-refractivity contribution in [2.24, 2.45) is 5.92 Å². The van der Waals surface area contributed by atoms with E-state index in [1.807, 2.05) is 10.6 Å². The van der Waals surface area contributed by atoms with E-state index >= 15 is 0 Å². The minimum atomic E-state index is -0.636. The van der Waals surface area contributed by atoms with Gasteiger partial charge in [0.2, 0.25) is 5.91 Å². The molecule has 0 saturated heterocycles. The topological polar surface area (TPSA) is 99.5 Å². The molecule has 3 aliphatic rings. The van der Waals surface area contributed by atoms with E-state index in [0.29, 0.717) is 18.8 Å². The van der Waals surface area contributed by atoms with E-state index in [1.165, 1.54) is 11.1 Å². The van der Waals surface area contributed by atoms with Gasteiger partial charge in [-0.15, -0.1) is 0 Å². The summed E-state index contributed by atoms with van der Waals surface area (Å²) in [5.74, 6) is 0.961. The Bertz CT molecular complexity index is 999. The number of rotatable bonds is 7. The van der Waals surface area contributed by atoms with E-state index in [2.05, 4.69) is 38.7 Å². The number of hydrogen-bond acceptors (Lipinski definition) is 5. The monoisotopic (exact) mass is 437 g/mol. The van der Waals surface area contributed by atoms with Crippen molar-refractivity contribution in [3.8, 4) is 0 Å². The molecule has 1 aliphatic carbocycles. The van der Waals surface area contributed by atoms with Crippen LogP contribution >= 0.6 is 0 Å². The molecule has 3 heterocycles. The molecule has 0 bridgehead atoms. The first kappa shape index (κ1) is 21.2. The number of β-amino-alcohol motifs (C(OH)–C–C–N with tert-alkyl or cyclic N) is 1. The lowest BCUT2D eigenvalue weighted by molar-refractivity contribution is -0.123. The fourth-order valence-corrected chi connectivity index (χ4v) is 4.71. The number of imidazole rings is 1. The van der Waals surface area contributed by atoms with Gasteiger partial charge < -0.3 is 20.3 Å². The zero-order valence-electron chi connectivity index (χ0n) is 18.3. The quantitative estimate of drug-likeness (QED) is 0.597. The fraction of sp³-hybridized carbons (Fsp3) is 0.542. The molecule has 32 heavy (non-hydrogen) atoms. The number of amides is 2. The van der Waals surface area contributed by atoms with Crippen LogP contribution in [0.3, 0.4) is 0 Å². The summed E-state index contributed by atoms with van der Waals surface area (Å²) in [5.41, 5.74) is 3.06. The molecule has 170 valence electrons. The highest BCUT2D eigenvalue weighted by molar-refractivity contribution is 5.92. The Labute approximate surface area is 188 Å². The summed E-state index contributed by atoms with van der Waals surface area (Å²) >= 11 is 0. The van der Waals surface area contributed by atoms with Crippen LogP contribution in [0.1, 0.15) is 46.7 Å². The number of aromatic nitrogens is 2. The van der Waals surface area contributed by atoms with Crippen LogP contribution < -0.4 is 10.6 Å². The smallest absolute Gasteiger partial charge is 0.271 e. The maximum atomic E-state index is 12.6. The molecule has 0 radical (unpaired) electrons. The van der Waals surface area contributed by atoms with Crippen LogP contribution in [0.5, 0.6) is 0 Å². The average molecular weight is 438 g/mol. The lowest BCUT2D eigenvalue weighted by atomic mass is 10.00. The van der Waals surface area contributed by atoms with Crippen LogP contribution in [0, 0.1) is 5.92 Å². The molecule has 8 heteroatoms. The number of fused-ring (bicyclic) bond motifs is 2. The largest absolute Gasteiger partial charge is 0.390 e. The van der Waals surface area contributed by atoms with Gasteiger partial charge in [-0.3, -0.25) is 14.5 Å². The van der Waals surface area contributed by atoms with Crippen molar-refractivity contribution >= 4 is 11.8 Å². The third-order valence-electron chi connectivity index (χ3n) is 6.70. The Hall–Kier alpha value is -2.71. The van der Waals surface area contributed by atoms with Gasteiger partial charge in [0.1, 0.15) is 11.5 Å². The Morgan fingerprint density at radius 1 is 1.16 bits per heavy atom. The molecule has 2 amide bonds.